The fourth-order valence-electron chi connectivity index (χ4n) is 2.07. The number of nitrogens with one attached hydrogen (secondary N) is 2. The molecule has 122 valence electrons. The third-order valence-corrected chi connectivity index (χ3v) is 3.10. The van der Waals surface area contributed by atoms with Gasteiger partial charge in [-0.25, -0.2) is 4.79 Å². The predicted molar refractivity (Wildman–Crippen MR) is 85.5 cm³/mol. The van der Waals surface area contributed by atoms with E-state index in [9.17, 15) is 9.59 Å². The molecule has 1 aliphatic rings. The van der Waals surface area contributed by atoms with Crippen LogP contribution in [0.25, 0.3) is 0 Å². The van der Waals surface area contributed by atoms with Crippen molar-refractivity contribution in [2.24, 2.45) is 0 Å². The maximum Gasteiger partial charge on any atom is 0.338 e. The lowest BCUT2D eigenvalue weighted by atomic mass is 10.2. The van der Waals surface area contributed by atoms with Gasteiger partial charge in [-0.2, -0.15) is 0 Å². The van der Waals surface area contributed by atoms with Crippen LogP contribution < -0.4 is 10.6 Å². The van der Waals surface area contributed by atoms with E-state index >= 15 is 0 Å². The molecule has 22 heavy (non-hydrogen) atoms. The number of rotatable bonds is 5. The van der Waals surface area contributed by atoms with Gasteiger partial charge in [-0.3, -0.25) is 4.79 Å². The van der Waals surface area contributed by atoms with Gasteiger partial charge < -0.3 is 20.1 Å². The number of hydrogen-bond acceptors (Lipinski definition) is 5. The Kier molecular flexibility index (Phi) is 7.87. The number of halogens is 1. The van der Waals surface area contributed by atoms with Crippen molar-refractivity contribution in [3.8, 4) is 0 Å². The van der Waals surface area contributed by atoms with Gasteiger partial charge in [0.25, 0.3) is 0 Å². The summed E-state index contributed by atoms with van der Waals surface area (Å²) in [5, 5.41) is 5.97. The number of ether oxygens (including phenoxy) is 2. The molecule has 1 heterocycles. The average Bonchev–Trinajstić information content (AvgIpc) is 2.49. The summed E-state index contributed by atoms with van der Waals surface area (Å²) in [5.41, 5.74) is 1.12. The van der Waals surface area contributed by atoms with Crippen LogP contribution in [0.3, 0.4) is 0 Å². The average molecular weight is 329 g/mol. The van der Waals surface area contributed by atoms with Gasteiger partial charge in [-0.15, -0.1) is 12.4 Å². The molecule has 0 bridgehead atoms. The molecular formula is C15H21ClN2O4. The number of carbonyl (C=O) groups is 2. The quantitative estimate of drug-likeness (QED) is 0.803. The number of carbonyl (C=O) groups excluding carboxylic acids is 2. The predicted octanol–water partition coefficient (Wildman–Crippen LogP) is 1.60. The van der Waals surface area contributed by atoms with Crippen LogP contribution in [0, 0.1) is 0 Å². The first-order chi connectivity index (χ1) is 10.2. The smallest absolute Gasteiger partial charge is 0.338 e. The van der Waals surface area contributed by atoms with Gasteiger partial charge in [0.05, 0.1) is 31.3 Å². The molecule has 7 heteroatoms. The summed E-state index contributed by atoms with van der Waals surface area (Å²) in [4.78, 5) is 23.4. The van der Waals surface area contributed by atoms with Gasteiger partial charge in [0.15, 0.2) is 0 Å². The first-order valence-electron chi connectivity index (χ1n) is 7.08. The number of amides is 1. The lowest BCUT2D eigenvalue weighted by Crippen LogP contribution is -2.40. The van der Waals surface area contributed by atoms with E-state index in [1.165, 1.54) is 0 Å². The Hall–Kier alpha value is -1.63. The van der Waals surface area contributed by atoms with E-state index in [0.29, 0.717) is 37.4 Å². The molecule has 1 amide bonds. The molecule has 0 saturated carbocycles. The highest BCUT2D eigenvalue weighted by Crippen LogP contribution is 2.12. The zero-order chi connectivity index (χ0) is 15.1. The van der Waals surface area contributed by atoms with Crippen molar-refractivity contribution in [2.45, 2.75) is 19.4 Å². The van der Waals surface area contributed by atoms with E-state index in [1.807, 2.05) is 0 Å². The van der Waals surface area contributed by atoms with Gasteiger partial charge in [0.2, 0.25) is 5.91 Å². The third-order valence-electron chi connectivity index (χ3n) is 3.10. The van der Waals surface area contributed by atoms with Crippen LogP contribution in [0.15, 0.2) is 24.3 Å². The molecule has 0 aromatic heterocycles. The van der Waals surface area contributed by atoms with Crippen molar-refractivity contribution in [1.82, 2.24) is 5.32 Å². The molecule has 1 aromatic rings. The SMILES string of the molecule is CCOC(=O)c1ccc(NC(=O)CC2CNCCO2)cc1.Cl. The maximum atomic E-state index is 11.9. The summed E-state index contributed by atoms with van der Waals surface area (Å²) in [7, 11) is 0. The molecule has 0 spiro atoms. The summed E-state index contributed by atoms with van der Waals surface area (Å²) < 4.78 is 10.4. The minimum absolute atomic E-state index is 0. The molecule has 1 saturated heterocycles. The normalized spacial score (nSPS) is 17.2. The molecule has 2 N–H and O–H groups in total. The van der Waals surface area contributed by atoms with E-state index < -0.39 is 0 Å². The number of benzene rings is 1. The van der Waals surface area contributed by atoms with E-state index in [0.717, 1.165) is 6.54 Å². The van der Waals surface area contributed by atoms with Crippen LogP contribution in [-0.2, 0) is 14.3 Å². The Morgan fingerprint density at radius 2 is 2.09 bits per heavy atom. The highest BCUT2D eigenvalue weighted by Gasteiger charge is 2.17. The summed E-state index contributed by atoms with van der Waals surface area (Å²) in [6.07, 6.45) is 0.227. The second-order valence-electron chi connectivity index (χ2n) is 4.75. The highest BCUT2D eigenvalue weighted by atomic mass is 35.5. The summed E-state index contributed by atoms with van der Waals surface area (Å²) >= 11 is 0. The lowest BCUT2D eigenvalue weighted by Gasteiger charge is -2.23. The van der Waals surface area contributed by atoms with Crippen molar-refractivity contribution in [3.63, 3.8) is 0 Å². The molecule has 1 aromatic carbocycles. The van der Waals surface area contributed by atoms with Crippen LogP contribution in [0.4, 0.5) is 5.69 Å². The monoisotopic (exact) mass is 328 g/mol. The second-order valence-corrected chi connectivity index (χ2v) is 4.75. The maximum absolute atomic E-state index is 11.9. The first-order valence-corrected chi connectivity index (χ1v) is 7.08. The van der Waals surface area contributed by atoms with E-state index in [-0.39, 0.29) is 30.4 Å². The molecular weight excluding hydrogens is 308 g/mol. The van der Waals surface area contributed by atoms with Crippen LogP contribution in [0.2, 0.25) is 0 Å². The third kappa shape index (κ3) is 5.63. The summed E-state index contributed by atoms with van der Waals surface area (Å²) in [5.74, 6) is -0.468. The van der Waals surface area contributed by atoms with Crippen molar-refractivity contribution in [2.75, 3.05) is 31.6 Å². The Morgan fingerprint density at radius 1 is 1.36 bits per heavy atom. The Bertz CT molecular complexity index is 487. The molecule has 2 rings (SSSR count). The van der Waals surface area contributed by atoms with Crippen LogP contribution in [-0.4, -0.2) is 44.3 Å². The summed E-state index contributed by atoms with van der Waals surface area (Å²) in [6, 6.07) is 6.63. The fraction of sp³-hybridized carbons (Fsp3) is 0.467. The number of morpholine rings is 1. The van der Waals surface area contributed by atoms with E-state index in [2.05, 4.69) is 10.6 Å². The van der Waals surface area contributed by atoms with Gasteiger partial charge in [0.1, 0.15) is 0 Å². The molecule has 6 nitrogen and oxygen atoms in total. The van der Waals surface area contributed by atoms with Crippen molar-refractivity contribution in [3.05, 3.63) is 29.8 Å². The Labute approximate surface area is 136 Å². The number of anilines is 1. The van der Waals surface area contributed by atoms with Gasteiger partial charge in [-0.05, 0) is 31.2 Å². The molecule has 1 atom stereocenters. The summed E-state index contributed by atoms with van der Waals surface area (Å²) in [6.45, 7) is 4.25. The fourth-order valence-corrected chi connectivity index (χ4v) is 2.07. The van der Waals surface area contributed by atoms with Crippen LogP contribution in [0.1, 0.15) is 23.7 Å². The molecule has 1 fully saturated rings. The largest absolute Gasteiger partial charge is 0.462 e. The van der Waals surface area contributed by atoms with E-state index in [1.54, 1.807) is 31.2 Å². The lowest BCUT2D eigenvalue weighted by molar-refractivity contribution is -0.119. The van der Waals surface area contributed by atoms with Gasteiger partial charge >= 0.3 is 5.97 Å². The van der Waals surface area contributed by atoms with Crippen molar-refractivity contribution < 1.29 is 19.1 Å². The molecule has 1 aliphatic heterocycles. The molecule has 0 radical (unpaired) electrons. The Morgan fingerprint density at radius 3 is 2.68 bits per heavy atom. The number of hydrogen-bond donors (Lipinski definition) is 2. The Balaban J connectivity index is 0.00000242. The van der Waals surface area contributed by atoms with E-state index in [4.69, 9.17) is 9.47 Å². The minimum Gasteiger partial charge on any atom is -0.462 e. The standard InChI is InChI=1S/C15H20N2O4.ClH/c1-2-20-15(19)11-3-5-12(6-4-11)17-14(18)9-13-10-16-7-8-21-13;/h3-6,13,16H,2,7-10H2,1H3,(H,17,18);1H. The zero-order valence-electron chi connectivity index (χ0n) is 12.5. The highest BCUT2D eigenvalue weighted by molar-refractivity contribution is 5.93. The van der Waals surface area contributed by atoms with Gasteiger partial charge in [0, 0.05) is 18.8 Å². The molecule has 1 unspecified atom stereocenters. The molecule has 0 aliphatic carbocycles. The first kappa shape index (κ1) is 18.4. The van der Waals surface area contributed by atoms with Crippen molar-refractivity contribution >= 4 is 30.0 Å². The minimum atomic E-state index is -0.364. The van der Waals surface area contributed by atoms with Crippen LogP contribution >= 0.6 is 12.4 Å². The zero-order valence-corrected chi connectivity index (χ0v) is 13.3. The number of esters is 1. The second kappa shape index (κ2) is 9.40. The van der Waals surface area contributed by atoms with Crippen molar-refractivity contribution in [1.29, 1.82) is 0 Å². The van der Waals surface area contributed by atoms with Gasteiger partial charge in [-0.1, -0.05) is 0 Å². The topological polar surface area (TPSA) is 76.7 Å². The van der Waals surface area contributed by atoms with Crippen LogP contribution in [0.5, 0.6) is 0 Å².